The van der Waals surface area contributed by atoms with Gasteiger partial charge < -0.3 is 10.8 Å². The van der Waals surface area contributed by atoms with Gasteiger partial charge in [0.1, 0.15) is 6.04 Å². The van der Waals surface area contributed by atoms with Gasteiger partial charge in [0.2, 0.25) is 5.91 Å². The maximum absolute atomic E-state index is 11.8. The molecule has 11 heteroatoms. The molecule has 0 fully saturated rings. The van der Waals surface area contributed by atoms with Gasteiger partial charge in [0, 0.05) is 6.42 Å². The number of carbonyl (C=O) groups excluding carboxylic acids is 1. The predicted octanol–water partition coefficient (Wildman–Crippen LogP) is -0.856. The van der Waals surface area contributed by atoms with Crippen molar-refractivity contribution in [2.24, 2.45) is 5.73 Å². The zero-order chi connectivity index (χ0) is 13.9. The number of rotatable bonds is 5. The minimum absolute atomic E-state index is 0.478. The maximum Gasteiger partial charge on any atom is 0.516 e. The number of carboxylic acids is 1. The summed E-state index contributed by atoms with van der Waals surface area (Å²) < 4.78 is 57.0. The van der Waals surface area contributed by atoms with Crippen LogP contribution in [0.1, 0.15) is 12.8 Å². The summed E-state index contributed by atoms with van der Waals surface area (Å²) in [5, 5.41) is 8.30. The average molecular weight is 278 g/mol. The van der Waals surface area contributed by atoms with Crippen molar-refractivity contribution < 1.29 is 36.3 Å². The molecule has 0 aliphatic carbocycles. The molecule has 0 saturated carbocycles. The molecule has 1 amide bonds. The Labute approximate surface area is 93.8 Å². The number of aliphatic carboxylic acids is 1. The van der Waals surface area contributed by atoms with Crippen LogP contribution in [0.25, 0.3) is 0 Å². The molecule has 0 saturated heterocycles. The molecule has 0 spiro atoms. The van der Waals surface area contributed by atoms with Crippen molar-refractivity contribution in [3.05, 3.63) is 0 Å². The lowest BCUT2D eigenvalue weighted by Crippen LogP contribution is -2.41. The summed E-state index contributed by atoms with van der Waals surface area (Å²) in [7, 11) is -5.75. The summed E-state index contributed by atoms with van der Waals surface area (Å²) in [5.74, 6) is -2.92. The van der Waals surface area contributed by atoms with Crippen LogP contribution in [-0.4, -0.2) is 37.0 Å². The minimum atomic E-state index is -5.75. The van der Waals surface area contributed by atoms with E-state index in [-0.39, 0.29) is 0 Å². The van der Waals surface area contributed by atoms with Gasteiger partial charge in [0.25, 0.3) is 0 Å². The molecular weight excluding hydrogens is 269 g/mol. The van der Waals surface area contributed by atoms with Gasteiger partial charge in [-0.3, -0.25) is 9.59 Å². The van der Waals surface area contributed by atoms with Crippen molar-refractivity contribution in [1.29, 1.82) is 0 Å². The molecule has 0 radical (unpaired) electrons. The van der Waals surface area contributed by atoms with Crippen LogP contribution >= 0.6 is 0 Å². The number of hydrogen-bond donors (Lipinski definition) is 3. The predicted molar refractivity (Wildman–Crippen MR) is 48.0 cm³/mol. The van der Waals surface area contributed by atoms with Crippen LogP contribution in [-0.2, 0) is 19.6 Å². The lowest BCUT2D eigenvalue weighted by atomic mass is 10.2. The van der Waals surface area contributed by atoms with Crippen molar-refractivity contribution in [3.8, 4) is 0 Å². The number of hydrogen-bond acceptors (Lipinski definition) is 5. The van der Waals surface area contributed by atoms with E-state index < -0.39 is 46.3 Å². The largest absolute Gasteiger partial charge is 0.516 e. The molecule has 0 aliphatic heterocycles. The van der Waals surface area contributed by atoms with E-state index in [1.54, 1.807) is 0 Å². The van der Waals surface area contributed by atoms with Crippen molar-refractivity contribution in [2.75, 3.05) is 0 Å². The van der Waals surface area contributed by atoms with Crippen LogP contribution in [0.15, 0.2) is 0 Å². The van der Waals surface area contributed by atoms with E-state index in [1.807, 2.05) is 0 Å². The zero-order valence-corrected chi connectivity index (χ0v) is 9.01. The van der Waals surface area contributed by atoms with Crippen LogP contribution in [0.5, 0.6) is 0 Å². The molecule has 0 aromatic carbocycles. The van der Waals surface area contributed by atoms with Crippen LogP contribution in [0.2, 0.25) is 0 Å². The Hall–Kier alpha value is -1.36. The normalized spacial score (nSPS) is 14.1. The second-order valence-electron chi connectivity index (χ2n) is 2.96. The molecule has 0 bridgehead atoms. The van der Waals surface area contributed by atoms with Crippen molar-refractivity contribution in [1.82, 2.24) is 4.72 Å². The Morgan fingerprint density at radius 1 is 1.35 bits per heavy atom. The number of alkyl halides is 3. The van der Waals surface area contributed by atoms with Gasteiger partial charge in [-0.25, -0.2) is 4.72 Å². The van der Waals surface area contributed by atoms with Gasteiger partial charge in [-0.15, -0.1) is 0 Å². The van der Waals surface area contributed by atoms with E-state index in [1.165, 1.54) is 0 Å². The third-order valence-electron chi connectivity index (χ3n) is 1.55. The van der Waals surface area contributed by atoms with Crippen LogP contribution < -0.4 is 10.5 Å². The first-order valence-corrected chi connectivity index (χ1v) is 5.56. The van der Waals surface area contributed by atoms with Gasteiger partial charge in [-0.1, -0.05) is 0 Å². The number of carboxylic acid groups (broad SMARTS) is 1. The molecule has 0 rings (SSSR count). The monoisotopic (exact) mass is 278 g/mol. The fourth-order valence-electron chi connectivity index (χ4n) is 0.669. The fourth-order valence-corrected chi connectivity index (χ4v) is 1.19. The maximum atomic E-state index is 11.8. The highest BCUT2D eigenvalue weighted by Gasteiger charge is 2.46. The molecule has 7 nitrogen and oxygen atoms in total. The Bertz CT molecular complexity index is 404. The average Bonchev–Trinajstić information content (AvgIpc) is 2.11. The number of sulfonamides is 1. The first-order chi connectivity index (χ1) is 7.47. The quantitative estimate of drug-likeness (QED) is 0.601. The molecule has 0 aromatic rings. The standard InChI is InChI=1S/C6H9F3N2O5S/c7-6(8,9)17(15,16)11-4(12)2-1-3(10)5(13)14/h3H,1-2,10H2,(H,11,12)(H,13,14)/t3-/m0/s1. The number of nitrogens with one attached hydrogen (secondary N) is 1. The smallest absolute Gasteiger partial charge is 0.480 e. The number of carbonyl (C=O) groups is 2. The topological polar surface area (TPSA) is 127 Å². The SMILES string of the molecule is N[C@@H](CCC(=O)NS(=O)(=O)C(F)(F)F)C(=O)O. The van der Waals surface area contributed by atoms with Crippen LogP contribution in [0.4, 0.5) is 13.2 Å². The molecule has 0 aliphatic rings. The van der Waals surface area contributed by atoms with E-state index >= 15 is 0 Å². The van der Waals surface area contributed by atoms with E-state index in [9.17, 15) is 31.2 Å². The first kappa shape index (κ1) is 15.6. The molecule has 4 N–H and O–H groups in total. The molecule has 0 aromatic heterocycles. The Morgan fingerprint density at radius 3 is 2.18 bits per heavy atom. The van der Waals surface area contributed by atoms with E-state index in [2.05, 4.69) is 0 Å². The molecule has 100 valence electrons. The highest BCUT2D eigenvalue weighted by molar-refractivity contribution is 7.90. The molecule has 1 atom stereocenters. The highest BCUT2D eigenvalue weighted by Crippen LogP contribution is 2.21. The minimum Gasteiger partial charge on any atom is -0.480 e. The van der Waals surface area contributed by atoms with Gasteiger partial charge in [-0.05, 0) is 6.42 Å². The number of halogens is 3. The Kier molecular flexibility index (Phi) is 4.89. The van der Waals surface area contributed by atoms with Crippen molar-refractivity contribution in [2.45, 2.75) is 24.4 Å². The van der Waals surface area contributed by atoms with Crippen molar-refractivity contribution in [3.63, 3.8) is 0 Å². The van der Waals surface area contributed by atoms with E-state index in [4.69, 9.17) is 10.8 Å². The molecule has 17 heavy (non-hydrogen) atoms. The van der Waals surface area contributed by atoms with Gasteiger partial charge in [0.15, 0.2) is 0 Å². The molecular formula is C6H9F3N2O5S. The third kappa shape index (κ3) is 4.99. The lowest BCUT2D eigenvalue weighted by molar-refractivity contribution is -0.138. The summed E-state index contributed by atoms with van der Waals surface area (Å²) in [5.41, 5.74) is -0.637. The third-order valence-corrected chi connectivity index (χ3v) is 2.66. The van der Waals surface area contributed by atoms with Gasteiger partial charge >= 0.3 is 21.5 Å². The summed E-state index contributed by atoms with van der Waals surface area (Å²) in [6.45, 7) is 0. The zero-order valence-electron chi connectivity index (χ0n) is 8.19. The van der Waals surface area contributed by atoms with Gasteiger partial charge in [0.05, 0.1) is 0 Å². The number of amides is 1. The number of nitrogens with two attached hydrogens (primary N) is 1. The fraction of sp³-hybridized carbons (Fsp3) is 0.667. The second-order valence-corrected chi connectivity index (χ2v) is 4.63. The molecule has 0 heterocycles. The van der Waals surface area contributed by atoms with Crippen LogP contribution in [0.3, 0.4) is 0 Å². The first-order valence-electron chi connectivity index (χ1n) is 4.07. The highest BCUT2D eigenvalue weighted by atomic mass is 32.2. The summed E-state index contributed by atoms with van der Waals surface area (Å²) in [4.78, 5) is 21.0. The Balaban J connectivity index is 4.35. The Morgan fingerprint density at radius 2 is 1.82 bits per heavy atom. The summed E-state index contributed by atoms with van der Waals surface area (Å²) in [6, 6.07) is -1.45. The van der Waals surface area contributed by atoms with Gasteiger partial charge in [-0.2, -0.15) is 21.6 Å². The van der Waals surface area contributed by atoms with E-state index in [0.717, 1.165) is 4.72 Å². The van der Waals surface area contributed by atoms with Crippen LogP contribution in [0, 0.1) is 0 Å². The summed E-state index contributed by atoms with van der Waals surface area (Å²) in [6.07, 6.45) is -1.22. The van der Waals surface area contributed by atoms with Crippen molar-refractivity contribution >= 4 is 21.9 Å². The lowest BCUT2D eigenvalue weighted by Gasteiger charge is -2.10. The summed E-state index contributed by atoms with van der Waals surface area (Å²) >= 11 is 0. The molecule has 0 unspecified atom stereocenters. The van der Waals surface area contributed by atoms with E-state index in [0.29, 0.717) is 0 Å². The second kappa shape index (κ2) is 5.31.